The summed E-state index contributed by atoms with van der Waals surface area (Å²) in [7, 11) is -4.35. The lowest BCUT2D eigenvalue weighted by molar-refractivity contribution is 0.0953. The highest BCUT2D eigenvalue weighted by Crippen LogP contribution is 2.22. The van der Waals surface area contributed by atoms with Gasteiger partial charge in [0.05, 0.1) is 17.6 Å². The van der Waals surface area contributed by atoms with E-state index in [0.717, 1.165) is 12.1 Å². The second-order valence-electron chi connectivity index (χ2n) is 6.14. The zero-order valence-corrected chi connectivity index (χ0v) is 16.0. The number of carbonyl (C=O) groups is 1. The third-order valence-electron chi connectivity index (χ3n) is 4.04. The Bertz CT molecular complexity index is 1100. The fourth-order valence-corrected chi connectivity index (χ4v) is 3.78. The average Bonchev–Trinajstić information content (AvgIpc) is 3.18. The Morgan fingerprint density at radius 3 is 2.66 bits per heavy atom. The fourth-order valence-electron chi connectivity index (χ4n) is 2.64. The van der Waals surface area contributed by atoms with E-state index in [0.29, 0.717) is 25.6 Å². The van der Waals surface area contributed by atoms with Gasteiger partial charge in [0.1, 0.15) is 16.5 Å². The van der Waals surface area contributed by atoms with Gasteiger partial charge in [-0.2, -0.15) is 0 Å². The van der Waals surface area contributed by atoms with Crippen LogP contribution in [0.4, 0.5) is 14.5 Å². The van der Waals surface area contributed by atoms with E-state index in [1.165, 1.54) is 18.2 Å². The summed E-state index contributed by atoms with van der Waals surface area (Å²) in [6.07, 6.45) is 5.78. The van der Waals surface area contributed by atoms with Crippen molar-refractivity contribution in [3.63, 3.8) is 0 Å². The van der Waals surface area contributed by atoms with Gasteiger partial charge in [0, 0.05) is 31.5 Å². The van der Waals surface area contributed by atoms with Gasteiger partial charge in [-0.3, -0.25) is 9.52 Å². The standard InChI is InChI=1S/C19H18F2N4O3S/c20-14-6-7-18(16(21)12-14)29(27,28)24-17-5-2-1-4-15(17)19(26)23-8-3-10-25-11-9-22-13-25/h1-2,4-7,9,11-13,24H,3,8,10H2,(H,23,26). The van der Waals surface area contributed by atoms with Crippen molar-refractivity contribution in [3.8, 4) is 0 Å². The van der Waals surface area contributed by atoms with Gasteiger partial charge in [0.25, 0.3) is 15.9 Å². The molecule has 1 heterocycles. The van der Waals surface area contributed by atoms with Gasteiger partial charge in [-0.25, -0.2) is 22.2 Å². The summed E-state index contributed by atoms with van der Waals surface area (Å²) in [5, 5.41) is 2.72. The predicted molar refractivity (Wildman–Crippen MR) is 103 cm³/mol. The first kappa shape index (κ1) is 20.5. The van der Waals surface area contributed by atoms with Gasteiger partial charge < -0.3 is 9.88 Å². The Morgan fingerprint density at radius 2 is 1.93 bits per heavy atom. The number of aryl methyl sites for hydroxylation is 1. The molecule has 1 amide bonds. The lowest BCUT2D eigenvalue weighted by Crippen LogP contribution is -2.27. The van der Waals surface area contributed by atoms with E-state index >= 15 is 0 Å². The van der Waals surface area contributed by atoms with Gasteiger partial charge in [0.2, 0.25) is 0 Å². The maximum atomic E-state index is 13.9. The summed E-state index contributed by atoms with van der Waals surface area (Å²) in [6.45, 7) is 1.03. The highest BCUT2D eigenvalue weighted by Gasteiger charge is 2.22. The number of nitrogens with one attached hydrogen (secondary N) is 2. The summed E-state index contributed by atoms with van der Waals surface area (Å²) in [5.41, 5.74) is 0.0737. The summed E-state index contributed by atoms with van der Waals surface area (Å²) < 4.78 is 56.0. The maximum Gasteiger partial charge on any atom is 0.264 e. The van der Waals surface area contributed by atoms with E-state index in [1.54, 1.807) is 24.8 Å². The Hall–Kier alpha value is -3.27. The minimum atomic E-state index is -4.35. The number of halogens is 2. The number of nitrogens with zero attached hydrogens (tertiary/aromatic N) is 2. The Morgan fingerprint density at radius 1 is 1.14 bits per heavy atom. The molecule has 0 saturated heterocycles. The number of hydrogen-bond donors (Lipinski definition) is 2. The number of benzene rings is 2. The first-order chi connectivity index (χ1) is 13.9. The van der Waals surface area contributed by atoms with Gasteiger partial charge in [-0.1, -0.05) is 12.1 Å². The van der Waals surface area contributed by atoms with Crippen molar-refractivity contribution in [3.05, 3.63) is 78.4 Å². The molecule has 0 fully saturated rings. The van der Waals surface area contributed by atoms with E-state index in [1.807, 2.05) is 4.57 Å². The van der Waals surface area contributed by atoms with Crippen molar-refractivity contribution < 1.29 is 22.0 Å². The van der Waals surface area contributed by atoms with Crippen LogP contribution in [-0.4, -0.2) is 30.4 Å². The first-order valence-electron chi connectivity index (χ1n) is 8.67. The van der Waals surface area contributed by atoms with Gasteiger partial charge >= 0.3 is 0 Å². The number of sulfonamides is 1. The third-order valence-corrected chi connectivity index (χ3v) is 5.44. The summed E-state index contributed by atoms with van der Waals surface area (Å²) in [4.78, 5) is 15.7. The first-order valence-corrected chi connectivity index (χ1v) is 10.2. The molecule has 1 aromatic heterocycles. The van der Waals surface area contributed by atoms with E-state index in [-0.39, 0.29) is 11.3 Å². The molecular weight excluding hydrogens is 402 g/mol. The Kier molecular flexibility index (Phi) is 6.23. The van der Waals surface area contributed by atoms with E-state index in [9.17, 15) is 22.0 Å². The lowest BCUT2D eigenvalue weighted by Gasteiger charge is -2.13. The van der Waals surface area contributed by atoms with Crippen LogP contribution in [0.25, 0.3) is 0 Å². The van der Waals surface area contributed by atoms with Gasteiger partial charge in [-0.15, -0.1) is 0 Å². The minimum absolute atomic E-state index is 0.0108. The van der Waals surface area contributed by atoms with Gasteiger partial charge in [0.15, 0.2) is 0 Å². The summed E-state index contributed by atoms with van der Waals surface area (Å²) in [5.74, 6) is -2.59. The number of rotatable bonds is 8. The highest BCUT2D eigenvalue weighted by atomic mass is 32.2. The van der Waals surface area contributed by atoms with Crippen LogP contribution >= 0.6 is 0 Å². The van der Waals surface area contributed by atoms with Crippen LogP contribution < -0.4 is 10.0 Å². The number of amides is 1. The van der Waals surface area contributed by atoms with Crippen LogP contribution in [-0.2, 0) is 16.6 Å². The molecule has 7 nitrogen and oxygen atoms in total. The molecule has 3 rings (SSSR count). The van der Waals surface area contributed by atoms with Crippen molar-refractivity contribution in [1.29, 1.82) is 0 Å². The number of imidazole rings is 1. The van der Waals surface area contributed by atoms with Crippen molar-refractivity contribution in [2.75, 3.05) is 11.3 Å². The SMILES string of the molecule is O=C(NCCCn1ccnc1)c1ccccc1NS(=O)(=O)c1ccc(F)cc1F. The smallest absolute Gasteiger partial charge is 0.264 e. The molecule has 0 unspecified atom stereocenters. The summed E-state index contributed by atoms with van der Waals surface area (Å²) >= 11 is 0. The third kappa shape index (κ3) is 5.17. The molecule has 0 aliphatic heterocycles. The molecule has 0 spiro atoms. The number of aromatic nitrogens is 2. The van der Waals surface area contributed by atoms with E-state index in [2.05, 4.69) is 15.0 Å². The van der Waals surface area contributed by atoms with Gasteiger partial charge in [-0.05, 0) is 30.7 Å². The lowest BCUT2D eigenvalue weighted by atomic mass is 10.1. The van der Waals surface area contributed by atoms with Crippen LogP contribution in [0.5, 0.6) is 0 Å². The van der Waals surface area contributed by atoms with Crippen LogP contribution in [0.2, 0.25) is 0 Å². The second kappa shape index (κ2) is 8.82. The van der Waals surface area contributed by atoms with Crippen molar-refractivity contribution in [2.24, 2.45) is 0 Å². The molecule has 0 saturated carbocycles. The fraction of sp³-hybridized carbons (Fsp3) is 0.158. The highest BCUT2D eigenvalue weighted by molar-refractivity contribution is 7.92. The summed E-state index contributed by atoms with van der Waals surface area (Å²) in [6, 6.07) is 8.10. The largest absolute Gasteiger partial charge is 0.352 e. The van der Waals surface area contributed by atoms with Crippen LogP contribution in [0.15, 0.2) is 66.1 Å². The van der Waals surface area contributed by atoms with Crippen molar-refractivity contribution in [1.82, 2.24) is 14.9 Å². The van der Waals surface area contributed by atoms with Crippen LogP contribution in [0.3, 0.4) is 0 Å². The second-order valence-corrected chi connectivity index (χ2v) is 7.79. The topological polar surface area (TPSA) is 93.1 Å². The number of anilines is 1. The molecule has 0 bridgehead atoms. The zero-order chi connectivity index (χ0) is 20.9. The predicted octanol–water partition coefficient (Wildman–Crippen LogP) is 2.78. The quantitative estimate of drug-likeness (QED) is 0.548. The molecule has 29 heavy (non-hydrogen) atoms. The molecule has 0 aliphatic carbocycles. The molecule has 152 valence electrons. The average molecular weight is 420 g/mol. The monoisotopic (exact) mass is 420 g/mol. The number of para-hydroxylation sites is 1. The molecular formula is C19H18F2N4O3S. The Labute approximate surface area is 166 Å². The van der Waals surface area contributed by atoms with Crippen LogP contribution in [0.1, 0.15) is 16.8 Å². The van der Waals surface area contributed by atoms with E-state index in [4.69, 9.17) is 0 Å². The molecule has 10 heteroatoms. The molecule has 3 aromatic rings. The zero-order valence-electron chi connectivity index (χ0n) is 15.2. The van der Waals surface area contributed by atoms with E-state index < -0.39 is 32.5 Å². The normalized spacial score (nSPS) is 11.2. The molecule has 2 aromatic carbocycles. The van der Waals surface area contributed by atoms with Crippen molar-refractivity contribution >= 4 is 21.6 Å². The Balaban J connectivity index is 1.70. The van der Waals surface area contributed by atoms with Crippen molar-refractivity contribution in [2.45, 2.75) is 17.9 Å². The maximum absolute atomic E-state index is 13.9. The number of carbonyl (C=O) groups excluding carboxylic acids is 1. The molecule has 0 radical (unpaired) electrons. The molecule has 2 N–H and O–H groups in total. The van der Waals surface area contributed by atoms with Crippen LogP contribution in [0, 0.1) is 11.6 Å². The minimum Gasteiger partial charge on any atom is -0.352 e. The molecule has 0 atom stereocenters. The molecule has 0 aliphatic rings. The number of hydrogen-bond acceptors (Lipinski definition) is 4.